The van der Waals surface area contributed by atoms with Crippen LogP contribution in [-0.2, 0) is 21.6 Å². The van der Waals surface area contributed by atoms with E-state index in [-0.39, 0.29) is 5.75 Å². The molecule has 0 saturated heterocycles. The number of pyridine rings is 1. The average molecular weight is 443 g/mol. The molecule has 0 saturated carbocycles. The summed E-state index contributed by atoms with van der Waals surface area (Å²) in [6, 6.07) is 14.1. The van der Waals surface area contributed by atoms with Crippen LogP contribution in [0, 0.1) is 5.82 Å². The normalized spacial score (nSPS) is 16.6. The lowest BCUT2D eigenvalue weighted by molar-refractivity contribution is -0.108. The van der Waals surface area contributed by atoms with E-state index in [1.165, 1.54) is 24.4 Å². The lowest BCUT2D eigenvalue weighted by Crippen LogP contribution is -2.16. The predicted octanol–water partition coefficient (Wildman–Crippen LogP) is 4.50. The van der Waals surface area contributed by atoms with Crippen molar-refractivity contribution in [3.8, 4) is 5.75 Å². The topological polar surface area (TPSA) is 79.3 Å². The van der Waals surface area contributed by atoms with E-state index in [1.807, 2.05) is 0 Å². The van der Waals surface area contributed by atoms with Gasteiger partial charge in [0.25, 0.3) is 0 Å². The Morgan fingerprint density at radius 1 is 1.13 bits per heavy atom. The standard InChI is InChI=1S/C22H15ClFNO4S/c23-20-8-5-15(10-25-20)21-18(11-26)17-9-16(24)6-7-19(17)29-22(21)14-3-1-13(2-4-14)12-30(27)28/h1-11,18H,12H2,(H,27,28)/p-1. The van der Waals surface area contributed by atoms with Crippen LogP contribution in [0.2, 0.25) is 5.15 Å². The van der Waals surface area contributed by atoms with Gasteiger partial charge < -0.3 is 14.1 Å². The monoisotopic (exact) mass is 442 g/mol. The fourth-order valence-electron chi connectivity index (χ4n) is 3.41. The number of aromatic nitrogens is 1. The summed E-state index contributed by atoms with van der Waals surface area (Å²) in [5, 5.41) is 0.293. The smallest absolute Gasteiger partial charge is 0.139 e. The van der Waals surface area contributed by atoms with Crippen LogP contribution in [0.3, 0.4) is 0 Å². The first-order valence-corrected chi connectivity index (χ1v) is 10.5. The van der Waals surface area contributed by atoms with Gasteiger partial charge in [0.1, 0.15) is 28.8 Å². The summed E-state index contributed by atoms with van der Waals surface area (Å²) in [5.74, 6) is -0.579. The third-order valence-corrected chi connectivity index (χ3v) is 5.54. The van der Waals surface area contributed by atoms with Gasteiger partial charge in [-0.15, -0.1) is 0 Å². The number of fused-ring (bicyclic) bond motifs is 1. The quantitative estimate of drug-likeness (QED) is 0.330. The van der Waals surface area contributed by atoms with Crippen LogP contribution >= 0.6 is 11.6 Å². The Kier molecular flexibility index (Phi) is 5.76. The fourth-order valence-corrected chi connectivity index (χ4v) is 3.98. The van der Waals surface area contributed by atoms with Crippen LogP contribution in [0.15, 0.2) is 60.8 Å². The van der Waals surface area contributed by atoms with E-state index < -0.39 is 22.8 Å². The molecule has 2 aromatic carbocycles. The van der Waals surface area contributed by atoms with Crippen molar-refractivity contribution in [1.82, 2.24) is 4.98 Å². The number of hydrogen-bond acceptors (Lipinski definition) is 5. The molecule has 0 amide bonds. The molecule has 5 nitrogen and oxygen atoms in total. The Morgan fingerprint density at radius 3 is 2.50 bits per heavy atom. The van der Waals surface area contributed by atoms with Crippen molar-refractivity contribution in [2.45, 2.75) is 11.7 Å². The molecule has 0 radical (unpaired) electrons. The van der Waals surface area contributed by atoms with Crippen LogP contribution < -0.4 is 4.74 Å². The molecule has 0 aliphatic carbocycles. The minimum Gasteiger partial charge on any atom is -0.772 e. The number of allylic oxidation sites excluding steroid dienone is 1. The maximum atomic E-state index is 13.9. The summed E-state index contributed by atoms with van der Waals surface area (Å²) in [6.07, 6.45) is 2.26. The summed E-state index contributed by atoms with van der Waals surface area (Å²) in [7, 11) is 0. The van der Waals surface area contributed by atoms with Gasteiger partial charge in [-0.1, -0.05) is 46.9 Å². The van der Waals surface area contributed by atoms with Crippen molar-refractivity contribution < 1.29 is 22.7 Å². The first kappa shape index (κ1) is 20.4. The van der Waals surface area contributed by atoms with E-state index in [0.717, 1.165) is 6.29 Å². The zero-order chi connectivity index (χ0) is 21.3. The lowest BCUT2D eigenvalue weighted by atomic mass is 9.83. The van der Waals surface area contributed by atoms with Gasteiger partial charge in [-0.25, -0.2) is 9.37 Å². The van der Waals surface area contributed by atoms with Gasteiger partial charge in [-0.3, -0.25) is 4.21 Å². The largest absolute Gasteiger partial charge is 0.772 e. The molecule has 2 atom stereocenters. The van der Waals surface area contributed by atoms with Crippen molar-refractivity contribution in [2.75, 3.05) is 0 Å². The van der Waals surface area contributed by atoms with E-state index >= 15 is 0 Å². The molecule has 0 spiro atoms. The summed E-state index contributed by atoms with van der Waals surface area (Å²) in [5.41, 5.74) is 2.80. The Balaban J connectivity index is 1.90. The second kappa shape index (κ2) is 8.47. The number of hydrogen-bond donors (Lipinski definition) is 0. The molecular formula is C22H14ClFNO4S-. The molecule has 2 unspecified atom stereocenters. The third-order valence-electron chi connectivity index (χ3n) is 4.75. The SMILES string of the molecule is O=CC1C(c2ccc(Cl)nc2)=C(c2ccc(CS(=O)[O-])cc2)Oc2ccc(F)cc21. The van der Waals surface area contributed by atoms with Crippen molar-refractivity contribution in [3.63, 3.8) is 0 Å². The van der Waals surface area contributed by atoms with Crippen LogP contribution in [0.25, 0.3) is 11.3 Å². The summed E-state index contributed by atoms with van der Waals surface area (Å²) in [6.45, 7) is 0. The van der Waals surface area contributed by atoms with Crippen LogP contribution in [0.1, 0.15) is 28.2 Å². The third kappa shape index (κ3) is 4.05. The highest BCUT2D eigenvalue weighted by atomic mass is 35.5. The minimum atomic E-state index is -2.20. The number of halogens is 2. The van der Waals surface area contributed by atoms with Gasteiger partial charge in [-0.05, 0) is 35.9 Å². The fraction of sp³-hybridized carbons (Fsp3) is 0.0909. The van der Waals surface area contributed by atoms with Crippen molar-refractivity contribution in [1.29, 1.82) is 0 Å². The Morgan fingerprint density at radius 2 is 1.87 bits per heavy atom. The Bertz CT molecular complexity index is 1160. The van der Waals surface area contributed by atoms with Crippen molar-refractivity contribution in [2.24, 2.45) is 0 Å². The number of nitrogens with zero attached hydrogens (tertiary/aromatic N) is 1. The summed E-state index contributed by atoms with van der Waals surface area (Å²) >= 11 is 3.71. The van der Waals surface area contributed by atoms with Gasteiger partial charge >= 0.3 is 0 Å². The molecule has 3 aromatic rings. The van der Waals surface area contributed by atoms with Crippen molar-refractivity contribution in [3.05, 3.63) is 94.0 Å². The number of rotatable bonds is 5. The summed E-state index contributed by atoms with van der Waals surface area (Å²) in [4.78, 5) is 16.2. The van der Waals surface area contributed by atoms with Gasteiger partial charge in [-0.2, -0.15) is 0 Å². The second-order valence-corrected chi connectivity index (χ2v) is 7.94. The molecule has 8 heteroatoms. The molecule has 0 N–H and O–H groups in total. The van der Waals surface area contributed by atoms with Gasteiger partial charge in [0.15, 0.2) is 0 Å². The number of aldehydes is 1. The molecule has 0 fully saturated rings. The van der Waals surface area contributed by atoms with Crippen molar-refractivity contribution >= 4 is 40.3 Å². The summed E-state index contributed by atoms with van der Waals surface area (Å²) < 4.78 is 41.9. The number of ether oxygens (including phenoxy) is 1. The zero-order valence-corrected chi connectivity index (χ0v) is 17.0. The second-order valence-electron chi connectivity index (χ2n) is 6.66. The average Bonchev–Trinajstić information content (AvgIpc) is 2.73. The van der Waals surface area contributed by atoms with Gasteiger partial charge in [0.2, 0.25) is 0 Å². The van der Waals surface area contributed by atoms with E-state index in [0.29, 0.717) is 44.5 Å². The number of carbonyl (C=O) groups is 1. The highest BCUT2D eigenvalue weighted by Crippen LogP contribution is 2.46. The van der Waals surface area contributed by atoms with Crippen LogP contribution in [0.5, 0.6) is 5.75 Å². The van der Waals surface area contributed by atoms with Crippen LogP contribution in [-0.4, -0.2) is 20.0 Å². The molecule has 1 aliphatic heterocycles. The van der Waals surface area contributed by atoms with Crippen LogP contribution in [0.4, 0.5) is 4.39 Å². The lowest BCUT2D eigenvalue weighted by Gasteiger charge is -2.28. The molecule has 30 heavy (non-hydrogen) atoms. The first-order chi connectivity index (χ1) is 14.5. The maximum absolute atomic E-state index is 13.9. The molecule has 1 aliphatic rings. The molecule has 2 heterocycles. The number of benzene rings is 2. The molecule has 4 rings (SSSR count). The minimum absolute atomic E-state index is 0.104. The maximum Gasteiger partial charge on any atom is 0.139 e. The predicted molar refractivity (Wildman–Crippen MR) is 111 cm³/mol. The molecular weight excluding hydrogens is 429 g/mol. The zero-order valence-electron chi connectivity index (χ0n) is 15.4. The highest BCUT2D eigenvalue weighted by molar-refractivity contribution is 7.78. The molecule has 1 aromatic heterocycles. The van der Waals surface area contributed by atoms with E-state index in [2.05, 4.69) is 4.98 Å². The van der Waals surface area contributed by atoms with E-state index in [1.54, 1.807) is 36.4 Å². The van der Waals surface area contributed by atoms with Gasteiger partial charge in [0, 0.05) is 34.2 Å². The molecule has 152 valence electrons. The molecule has 0 bridgehead atoms. The number of carbonyl (C=O) groups excluding carboxylic acids is 1. The Labute approximate surface area is 179 Å². The Hall–Kier alpha value is -2.87. The van der Waals surface area contributed by atoms with E-state index in [4.69, 9.17) is 16.3 Å². The van der Waals surface area contributed by atoms with Gasteiger partial charge in [0.05, 0.1) is 5.92 Å². The van der Waals surface area contributed by atoms with E-state index in [9.17, 15) is 17.9 Å². The highest BCUT2D eigenvalue weighted by Gasteiger charge is 2.32. The first-order valence-electron chi connectivity index (χ1n) is 8.90.